The molecule has 4 nitrogen and oxygen atoms in total. The van der Waals surface area contributed by atoms with Crippen molar-refractivity contribution >= 4 is 61.4 Å². The molecule has 0 aromatic heterocycles. The zero-order chi connectivity index (χ0) is 13.0. The number of amides is 1. The van der Waals surface area contributed by atoms with E-state index in [9.17, 15) is 4.79 Å². The zero-order valence-corrected chi connectivity index (χ0v) is 16.5. The summed E-state index contributed by atoms with van der Waals surface area (Å²) in [6.07, 6.45) is 0. The fraction of sp³-hybridized carbons (Fsp3) is 0.273. The normalized spacial score (nSPS) is 17.4. The summed E-state index contributed by atoms with van der Waals surface area (Å²) in [6.45, 7) is 0.931. The van der Waals surface area contributed by atoms with E-state index in [2.05, 4.69) is 54.4 Å². The van der Waals surface area contributed by atoms with Crippen molar-refractivity contribution in [1.82, 2.24) is 10.9 Å². The maximum absolute atomic E-state index is 11.9. The van der Waals surface area contributed by atoms with Gasteiger partial charge in [0.05, 0.1) is 17.4 Å². The molecule has 1 amide bonds. The molecule has 0 fully saturated rings. The van der Waals surface area contributed by atoms with Crippen molar-refractivity contribution in [1.29, 1.82) is 0 Å². The van der Waals surface area contributed by atoms with Gasteiger partial charge in [0, 0.05) is 8.90 Å². The molecular weight excluding hydrogens is 556 g/mol. The number of hydrogen-bond donors (Lipinski definition) is 3. The van der Waals surface area contributed by atoms with Gasteiger partial charge in [0.15, 0.2) is 0 Å². The standard InChI is InChI=1S/C11H11BrIN3OS.HI/c12-9-4-2-1-3-8(9)10(17)15-16-11-14-6-7(5-13)18-11;/h1-4,7H,5-6H2,(H,14,16)(H,15,17);1H. The van der Waals surface area contributed by atoms with Crippen LogP contribution in [-0.4, -0.2) is 27.3 Å². The number of carbonyl (C=O) groups excluding carboxylic acids is 1. The number of nitrogens with one attached hydrogen (secondary N) is 3. The van der Waals surface area contributed by atoms with E-state index >= 15 is 0 Å². The molecule has 1 heterocycles. The predicted octanol–water partition coefficient (Wildman–Crippen LogP) is -2.33. The summed E-state index contributed by atoms with van der Waals surface area (Å²) in [4.78, 5) is 15.1. The maximum atomic E-state index is 11.9. The fourth-order valence-electron chi connectivity index (χ4n) is 1.44. The number of amidine groups is 1. The second kappa shape index (κ2) is 8.67. The highest BCUT2D eigenvalue weighted by Crippen LogP contribution is 2.16. The third kappa shape index (κ3) is 5.05. The van der Waals surface area contributed by atoms with E-state index in [-0.39, 0.29) is 29.9 Å². The first-order chi connectivity index (χ1) is 8.70. The van der Waals surface area contributed by atoms with E-state index in [0.717, 1.165) is 20.6 Å². The van der Waals surface area contributed by atoms with Crippen molar-refractivity contribution in [3.05, 3.63) is 34.3 Å². The van der Waals surface area contributed by atoms with Crippen LogP contribution in [-0.2, 0) is 0 Å². The van der Waals surface area contributed by atoms with Crippen LogP contribution < -0.4 is 39.8 Å². The molecular formula is C11H12BrI2N3OS. The smallest absolute Gasteiger partial charge is 0.328 e. The lowest BCUT2D eigenvalue weighted by molar-refractivity contribution is -0.450. The van der Waals surface area contributed by atoms with Gasteiger partial charge < -0.3 is 24.0 Å². The first-order valence-corrected chi connectivity index (χ1v) is 8.55. The minimum atomic E-state index is -0.157. The Morgan fingerprint density at radius 1 is 1.53 bits per heavy atom. The molecule has 1 aromatic rings. The van der Waals surface area contributed by atoms with Crippen LogP contribution in [0.25, 0.3) is 0 Å². The Bertz CT molecular complexity index is 487. The van der Waals surface area contributed by atoms with Crippen molar-refractivity contribution in [2.45, 2.75) is 5.25 Å². The molecule has 104 valence electrons. The van der Waals surface area contributed by atoms with E-state index in [1.165, 1.54) is 0 Å². The summed E-state index contributed by atoms with van der Waals surface area (Å²) in [5.41, 5.74) is 6.21. The van der Waals surface area contributed by atoms with Gasteiger partial charge in [-0.05, 0) is 39.8 Å². The van der Waals surface area contributed by atoms with E-state index in [0.29, 0.717) is 10.8 Å². The van der Waals surface area contributed by atoms with Crippen LogP contribution in [0.4, 0.5) is 0 Å². The zero-order valence-electron chi connectivity index (χ0n) is 9.75. The minimum absolute atomic E-state index is 0. The van der Waals surface area contributed by atoms with E-state index in [1.54, 1.807) is 17.8 Å². The van der Waals surface area contributed by atoms with Gasteiger partial charge in [0.1, 0.15) is 0 Å². The molecule has 0 saturated carbocycles. The predicted molar refractivity (Wildman–Crippen MR) is 85.8 cm³/mol. The van der Waals surface area contributed by atoms with Crippen molar-refractivity contribution in [2.75, 3.05) is 11.0 Å². The second-order valence-corrected chi connectivity index (χ2v) is 6.71. The lowest BCUT2D eigenvalue weighted by atomic mass is 10.2. The van der Waals surface area contributed by atoms with Gasteiger partial charge in [-0.15, -0.1) is 0 Å². The molecule has 1 atom stereocenters. The molecule has 2 rings (SSSR count). The molecule has 3 N–H and O–H groups in total. The van der Waals surface area contributed by atoms with E-state index in [1.807, 2.05) is 18.2 Å². The number of carbonyl (C=O) groups is 1. The van der Waals surface area contributed by atoms with Crippen LogP contribution in [0.2, 0.25) is 0 Å². The Labute approximate surface area is 155 Å². The van der Waals surface area contributed by atoms with Crippen LogP contribution in [0, 0.1) is 0 Å². The molecule has 0 spiro atoms. The summed E-state index contributed by atoms with van der Waals surface area (Å²) < 4.78 is 1.87. The monoisotopic (exact) mass is 567 g/mol. The summed E-state index contributed by atoms with van der Waals surface area (Å²) in [5, 5.41) is 1.46. The Morgan fingerprint density at radius 2 is 2.26 bits per heavy atom. The Balaban J connectivity index is 0.00000180. The lowest BCUT2D eigenvalue weighted by Gasteiger charge is -2.04. The largest absolute Gasteiger partial charge is 1.00 e. The van der Waals surface area contributed by atoms with Crippen LogP contribution in [0.15, 0.2) is 28.7 Å². The molecule has 1 aliphatic heterocycles. The quantitative estimate of drug-likeness (QED) is 0.214. The number of benzene rings is 1. The molecule has 8 heteroatoms. The van der Waals surface area contributed by atoms with Crippen molar-refractivity contribution in [2.24, 2.45) is 0 Å². The molecule has 1 aliphatic rings. The van der Waals surface area contributed by atoms with Crippen LogP contribution in [0.3, 0.4) is 0 Å². The van der Waals surface area contributed by atoms with Crippen molar-refractivity contribution in [3.63, 3.8) is 0 Å². The molecule has 0 radical (unpaired) electrons. The average molecular weight is 568 g/mol. The van der Waals surface area contributed by atoms with Crippen LogP contribution >= 0.6 is 50.3 Å². The second-order valence-electron chi connectivity index (χ2n) is 3.66. The Morgan fingerprint density at radius 3 is 2.89 bits per heavy atom. The molecule has 0 aliphatic carbocycles. The summed E-state index contributed by atoms with van der Waals surface area (Å²) >= 11 is 7.43. The number of hydrogen-bond acceptors (Lipinski definition) is 3. The maximum Gasteiger partial charge on any atom is 0.328 e. The molecule has 1 aromatic carbocycles. The SMILES string of the molecule is O=C(NNC1=[NH+]CC(CI)S1)c1ccccc1Br.[I-]. The fourth-order valence-corrected chi connectivity index (χ4v) is 3.60. The number of thioether (sulfide) groups is 1. The van der Waals surface area contributed by atoms with E-state index in [4.69, 9.17) is 0 Å². The number of halogens is 3. The Kier molecular flexibility index (Phi) is 7.99. The highest BCUT2D eigenvalue weighted by molar-refractivity contribution is 14.1. The van der Waals surface area contributed by atoms with E-state index < -0.39 is 0 Å². The Hall–Kier alpha value is 0.450. The van der Waals surface area contributed by atoms with Crippen LogP contribution in [0.5, 0.6) is 0 Å². The highest BCUT2D eigenvalue weighted by atomic mass is 127. The van der Waals surface area contributed by atoms with Crippen LogP contribution in [0.1, 0.15) is 10.4 Å². The number of alkyl halides is 1. The average Bonchev–Trinajstić information content (AvgIpc) is 2.84. The molecule has 0 saturated heterocycles. The summed E-state index contributed by atoms with van der Waals surface area (Å²) in [7, 11) is 0. The number of hydrazine groups is 1. The molecule has 1 unspecified atom stereocenters. The molecule has 0 bridgehead atoms. The highest BCUT2D eigenvalue weighted by Gasteiger charge is 2.24. The van der Waals surface area contributed by atoms with Gasteiger partial charge in [-0.2, -0.15) is 10.9 Å². The van der Waals surface area contributed by atoms with Gasteiger partial charge in [0.2, 0.25) is 0 Å². The molecule has 19 heavy (non-hydrogen) atoms. The van der Waals surface area contributed by atoms with Gasteiger partial charge in [-0.1, -0.05) is 34.7 Å². The van der Waals surface area contributed by atoms with Gasteiger partial charge >= 0.3 is 5.17 Å². The first kappa shape index (κ1) is 17.5. The summed E-state index contributed by atoms with van der Waals surface area (Å²) in [6, 6.07) is 7.33. The van der Waals surface area contributed by atoms with Crippen molar-refractivity contribution < 1.29 is 33.8 Å². The lowest BCUT2D eigenvalue weighted by Crippen LogP contribution is -3.00. The third-order valence-corrected chi connectivity index (χ3v) is 5.86. The van der Waals surface area contributed by atoms with Gasteiger partial charge in [0.25, 0.3) is 5.91 Å². The van der Waals surface area contributed by atoms with Crippen molar-refractivity contribution in [3.8, 4) is 0 Å². The topological polar surface area (TPSA) is 55.1 Å². The van der Waals surface area contributed by atoms with Gasteiger partial charge in [-0.25, -0.2) is 0 Å². The minimum Gasteiger partial charge on any atom is -1.00 e. The first-order valence-electron chi connectivity index (χ1n) is 5.35. The summed E-state index contributed by atoms with van der Waals surface area (Å²) in [5.74, 6) is -0.157. The van der Waals surface area contributed by atoms with Gasteiger partial charge in [-0.3, -0.25) is 9.79 Å². The number of rotatable bonds is 2. The third-order valence-electron chi connectivity index (χ3n) is 2.35.